The van der Waals surface area contributed by atoms with E-state index in [-0.39, 0.29) is 0 Å². The maximum atomic E-state index is 2.42. The van der Waals surface area contributed by atoms with Crippen molar-refractivity contribution in [2.45, 2.75) is 6.92 Å². The fraction of sp³-hybridized carbons (Fsp3) is 0.0189. The van der Waals surface area contributed by atoms with Crippen LogP contribution in [-0.2, 0) is 0 Å². The van der Waals surface area contributed by atoms with Crippen LogP contribution < -0.4 is 4.90 Å². The first-order chi connectivity index (χ1) is 26.7. The van der Waals surface area contributed by atoms with Crippen LogP contribution in [0.3, 0.4) is 0 Å². The van der Waals surface area contributed by atoms with Gasteiger partial charge in [-0.3, -0.25) is 0 Å². The Morgan fingerprint density at radius 3 is 1.24 bits per heavy atom. The minimum atomic E-state index is 1.12. The van der Waals surface area contributed by atoms with Gasteiger partial charge in [0.1, 0.15) is 0 Å². The monoisotopic (exact) mass is 691 g/mol. The molecule has 9 rings (SSSR count). The zero-order valence-electron chi connectivity index (χ0n) is 30.4. The molecule has 0 saturated carbocycles. The Kier molecular flexibility index (Phi) is 10.2. The summed E-state index contributed by atoms with van der Waals surface area (Å²) in [5.41, 5.74) is 11.9. The molecule has 0 aliphatic rings. The maximum Gasteiger partial charge on any atom is 0.0619 e. The smallest absolute Gasteiger partial charge is 0.0619 e. The predicted molar refractivity (Wildman–Crippen MR) is 234 cm³/mol. The molecule has 0 atom stereocenters. The van der Waals surface area contributed by atoms with E-state index in [1.165, 1.54) is 66.2 Å². The molecule has 1 heteroatoms. The van der Waals surface area contributed by atoms with Gasteiger partial charge in [-0.05, 0) is 87.5 Å². The van der Waals surface area contributed by atoms with Gasteiger partial charge in [0.05, 0.1) is 5.69 Å². The van der Waals surface area contributed by atoms with Crippen LogP contribution in [0.5, 0.6) is 0 Å². The van der Waals surface area contributed by atoms with Crippen LogP contribution >= 0.6 is 0 Å². The van der Waals surface area contributed by atoms with E-state index in [4.69, 9.17) is 0 Å². The van der Waals surface area contributed by atoms with Crippen molar-refractivity contribution < 1.29 is 0 Å². The van der Waals surface area contributed by atoms with Gasteiger partial charge in [-0.15, -0.1) is 0 Å². The molecule has 0 saturated heterocycles. The zero-order chi connectivity index (χ0) is 36.5. The summed E-state index contributed by atoms with van der Waals surface area (Å²) in [4.78, 5) is 2.42. The number of nitrogens with zero attached hydrogens (tertiary/aromatic N) is 1. The van der Waals surface area contributed by atoms with Crippen LogP contribution in [0.1, 0.15) is 16.7 Å². The summed E-state index contributed by atoms with van der Waals surface area (Å²) < 4.78 is 0. The molecule has 0 aliphatic carbocycles. The molecule has 0 spiro atoms. The summed E-state index contributed by atoms with van der Waals surface area (Å²) in [5.74, 6) is 0. The Hall–Kier alpha value is -6.96. The molecule has 0 heterocycles. The van der Waals surface area contributed by atoms with Gasteiger partial charge in [0.15, 0.2) is 0 Å². The normalized spacial score (nSPS) is 11.0. The fourth-order valence-electron chi connectivity index (χ4n) is 7.12. The van der Waals surface area contributed by atoms with Crippen molar-refractivity contribution in [1.82, 2.24) is 0 Å². The molecule has 0 N–H and O–H groups in total. The van der Waals surface area contributed by atoms with Gasteiger partial charge in [0.2, 0.25) is 0 Å². The molecule has 9 aromatic rings. The molecule has 0 aliphatic heterocycles. The topological polar surface area (TPSA) is 3.24 Å². The summed E-state index contributed by atoms with van der Waals surface area (Å²) in [6, 6.07) is 77.6. The lowest BCUT2D eigenvalue weighted by atomic mass is 9.89. The number of anilines is 3. The van der Waals surface area contributed by atoms with Crippen molar-refractivity contribution in [3.63, 3.8) is 0 Å². The minimum absolute atomic E-state index is 1.12. The Morgan fingerprint density at radius 2 is 0.759 bits per heavy atom. The Balaban J connectivity index is 0.000000533. The summed E-state index contributed by atoms with van der Waals surface area (Å²) in [5, 5.41) is 4.82. The number of para-hydroxylation sites is 2. The van der Waals surface area contributed by atoms with Crippen molar-refractivity contribution in [2.75, 3.05) is 4.90 Å². The lowest BCUT2D eigenvalue weighted by molar-refractivity contribution is 1.31. The van der Waals surface area contributed by atoms with Crippen LogP contribution in [0, 0.1) is 6.92 Å². The Morgan fingerprint density at radius 1 is 0.333 bits per heavy atom. The number of aryl methyl sites for hydroxylation is 1. The van der Waals surface area contributed by atoms with Crippen LogP contribution in [0.2, 0.25) is 0 Å². The van der Waals surface area contributed by atoms with Crippen LogP contribution in [0.25, 0.3) is 56.0 Å². The number of fused-ring (bicyclic) bond motifs is 2. The molecule has 0 radical (unpaired) electrons. The second-order valence-electron chi connectivity index (χ2n) is 13.4. The standard InChI is InChI=1S/C46H33N.C7H8/c1-6-16-34(17-7-1)26-29-41-42-30-27-38(36-20-10-3-11-21-36)33-45(42)46(43-31-28-37(32-44(41)43)35-18-8-2-9-19-35)47(39-22-12-4-13-23-39)40-24-14-5-15-25-40;1-7-5-3-2-4-6-7/h1-33H;2-6H,1H3. The molecule has 0 unspecified atom stereocenters. The van der Waals surface area contributed by atoms with Crippen molar-refractivity contribution in [2.24, 2.45) is 0 Å². The second-order valence-corrected chi connectivity index (χ2v) is 13.4. The Bertz CT molecular complexity index is 2580. The third-order valence-electron chi connectivity index (χ3n) is 9.78. The first-order valence-electron chi connectivity index (χ1n) is 18.5. The summed E-state index contributed by atoms with van der Waals surface area (Å²) >= 11 is 0. The van der Waals surface area contributed by atoms with E-state index in [0.717, 1.165) is 11.4 Å². The molecule has 1 nitrogen and oxygen atoms in total. The first-order valence-corrected chi connectivity index (χ1v) is 18.5. The zero-order valence-corrected chi connectivity index (χ0v) is 30.4. The highest BCUT2D eigenvalue weighted by atomic mass is 15.1. The number of hydrogen-bond donors (Lipinski definition) is 0. The van der Waals surface area contributed by atoms with E-state index in [1.54, 1.807) is 0 Å². The van der Waals surface area contributed by atoms with Gasteiger partial charge in [-0.25, -0.2) is 0 Å². The third kappa shape index (κ3) is 7.48. The van der Waals surface area contributed by atoms with E-state index in [9.17, 15) is 0 Å². The molecular formula is C53H41N. The number of benzene rings is 9. The molecule has 0 bridgehead atoms. The summed E-state index contributed by atoms with van der Waals surface area (Å²) in [6.45, 7) is 2.08. The lowest BCUT2D eigenvalue weighted by Crippen LogP contribution is -2.11. The van der Waals surface area contributed by atoms with Crippen molar-refractivity contribution in [3.05, 3.63) is 235 Å². The fourth-order valence-corrected chi connectivity index (χ4v) is 7.12. The van der Waals surface area contributed by atoms with E-state index in [2.05, 4.69) is 224 Å². The lowest BCUT2D eigenvalue weighted by Gasteiger charge is -2.29. The SMILES string of the molecule is C(=Cc1c2cc(-c3ccccc3)ccc2c(N(c2ccccc2)c2ccccc2)c2cc(-c3ccccc3)ccc12)c1ccccc1.Cc1ccccc1. The third-order valence-corrected chi connectivity index (χ3v) is 9.78. The maximum absolute atomic E-state index is 2.42. The highest BCUT2D eigenvalue weighted by Crippen LogP contribution is 2.47. The second kappa shape index (κ2) is 16.2. The molecule has 54 heavy (non-hydrogen) atoms. The minimum Gasteiger partial charge on any atom is -0.309 e. The quantitative estimate of drug-likeness (QED) is 0.119. The van der Waals surface area contributed by atoms with E-state index in [0.29, 0.717) is 0 Å². The van der Waals surface area contributed by atoms with Gasteiger partial charge >= 0.3 is 0 Å². The van der Waals surface area contributed by atoms with Crippen LogP contribution in [-0.4, -0.2) is 0 Å². The summed E-state index contributed by atoms with van der Waals surface area (Å²) in [6.07, 6.45) is 4.54. The van der Waals surface area contributed by atoms with Gasteiger partial charge in [-0.1, -0.05) is 200 Å². The average molecular weight is 692 g/mol. The highest BCUT2D eigenvalue weighted by molar-refractivity contribution is 6.20. The largest absolute Gasteiger partial charge is 0.309 e. The molecule has 9 aromatic carbocycles. The predicted octanol–water partition coefficient (Wildman–Crippen LogP) is 15.0. The van der Waals surface area contributed by atoms with Crippen LogP contribution in [0.15, 0.2) is 218 Å². The van der Waals surface area contributed by atoms with Gasteiger partial charge in [0, 0.05) is 22.1 Å². The summed E-state index contributed by atoms with van der Waals surface area (Å²) in [7, 11) is 0. The van der Waals surface area contributed by atoms with E-state index < -0.39 is 0 Å². The number of hydrogen-bond acceptors (Lipinski definition) is 1. The van der Waals surface area contributed by atoms with Gasteiger partial charge in [0.25, 0.3) is 0 Å². The van der Waals surface area contributed by atoms with Crippen LogP contribution in [0.4, 0.5) is 17.1 Å². The molecular weight excluding hydrogens is 651 g/mol. The molecule has 258 valence electrons. The van der Waals surface area contributed by atoms with Gasteiger partial charge in [-0.2, -0.15) is 0 Å². The van der Waals surface area contributed by atoms with Crippen molar-refractivity contribution in [3.8, 4) is 22.3 Å². The van der Waals surface area contributed by atoms with Crippen molar-refractivity contribution >= 4 is 50.8 Å². The molecule has 0 aromatic heterocycles. The van der Waals surface area contributed by atoms with Gasteiger partial charge < -0.3 is 4.90 Å². The highest BCUT2D eigenvalue weighted by Gasteiger charge is 2.22. The molecule has 0 amide bonds. The van der Waals surface area contributed by atoms with E-state index in [1.807, 2.05) is 18.2 Å². The van der Waals surface area contributed by atoms with Crippen molar-refractivity contribution in [1.29, 1.82) is 0 Å². The Labute approximate surface area is 318 Å². The molecule has 0 fully saturated rings. The average Bonchev–Trinajstić information content (AvgIpc) is 3.25. The van der Waals surface area contributed by atoms with E-state index >= 15 is 0 Å². The number of rotatable bonds is 7. The first kappa shape index (κ1) is 34.1.